The number of hydrogen-bond donors (Lipinski definition) is 1. The topological polar surface area (TPSA) is 84.2 Å². The van der Waals surface area contributed by atoms with Crippen molar-refractivity contribution in [3.8, 4) is 0 Å². The fourth-order valence-corrected chi connectivity index (χ4v) is 3.64. The lowest BCUT2D eigenvalue weighted by Crippen LogP contribution is -2.20. The summed E-state index contributed by atoms with van der Waals surface area (Å²) in [5.74, 6) is 0.388. The molecule has 1 N–H and O–H groups in total. The molecule has 30 heavy (non-hydrogen) atoms. The Morgan fingerprint density at radius 1 is 1.03 bits per heavy atom. The number of fused-ring (bicyclic) bond motifs is 1. The SMILES string of the molecule is CCN(c1ncnc(Nc2ccc(Br)cc2)c1[N+](=O)[O-])c1cccc2ccccc12. The monoisotopic (exact) mass is 463 g/mol. The van der Waals surface area contributed by atoms with Crippen molar-refractivity contribution in [2.45, 2.75) is 6.92 Å². The number of anilines is 4. The highest BCUT2D eigenvalue weighted by Gasteiger charge is 2.28. The molecule has 0 fully saturated rings. The molecule has 0 saturated carbocycles. The molecule has 0 radical (unpaired) electrons. The molecule has 4 aromatic rings. The van der Waals surface area contributed by atoms with Crippen LogP contribution in [0, 0.1) is 10.1 Å². The van der Waals surface area contributed by atoms with Crippen molar-refractivity contribution < 1.29 is 4.92 Å². The van der Waals surface area contributed by atoms with Crippen LogP contribution in [0.15, 0.2) is 77.5 Å². The van der Waals surface area contributed by atoms with Gasteiger partial charge in [0.2, 0.25) is 11.6 Å². The second-order valence-corrected chi connectivity index (χ2v) is 7.44. The maximum absolute atomic E-state index is 12.1. The number of halogens is 1. The first kappa shape index (κ1) is 19.8. The van der Waals surface area contributed by atoms with Crippen LogP contribution in [0.5, 0.6) is 0 Å². The average molecular weight is 464 g/mol. The molecule has 0 amide bonds. The van der Waals surface area contributed by atoms with Crippen LogP contribution in [0.4, 0.5) is 28.7 Å². The van der Waals surface area contributed by atoms with Gasteiger partial charge < -0.3 is 10.2 Å². The second-order valence-electron chi connectivity index (χ2n) is 6.53. The van der Waals surface area contributed by atoms with E-state index >= 15 is 0 Å². The van der Waals surface area contributed by atoms with Crippen molar-refractivity contribution in [2.75, 3.05) is 16.8 Å². The minimum absolute atomic E-state index is 0.144. The fraction of sp³-hybridized carbons (Fsp3) is 0.0909. The van der Waals surface area contributed by atoms with Crippen LogP contribution >= 0.6 is 15.9 Å². The second kappa shape index (κ2) is 8.46. The summed E-state index contributed by atoms with van der Waals surface area (Å²) in [7, 11) is 0. The zero-order valence-corrected chi connectivity index (χ0v) is 17.7. The molecule has 3 aromatic carbocycles. The van der Waals surface area contributed by atoms with Crippen LogP contribution < -0.4 is 10.2 Å². The van der Waals surface area contributed by atoms with Crippen LogP contribution in [0.3, 0.4) is 0 Å². The minimum Gasteiger partial charge on any atom is -0.334 e. The molecule has 1 aromatic heterocycles. The highest BCUT2D eigenvalue weighted by molar-refractivity contribution is 9.10. The Bertz CT molecular complexity index is 1210. The molecule has 1 heterocycles. The van der Waals surface area contributed by atoms with Gasteiger partial charge in [-0.3, -0.25) is 10.1 Å². The Kier molecular flexibility index (Phi) is 5.58. The largest absolute Gasteiger partial charge is 0.354 e. The smallest absolute Gasteiger partial charge is 0.334 e. The van der Waals surface area contributed by atoms with Crippen LogP contribution in [0.2, 0.25) is 0 Å². The van der Waals surface area contributed by atoms with Gasteiger partial charge in [0.05, 0.1) is 10.6 Å². The van der Waals surface area contributed by atoms with Gasteiger partial charge in [-0.15, -0.1) is 0 Å². The fourth-order valence-electron chi connectivity index (χ4n) is 3.37. The van der Waals surface area contributed by atoms with Crippen molar-refractivity contribution in [1.29, 1.82) is 0 Å². The van der Waals surface area contributed by atoms with E-state index in [4.69, 9.17) is 0 Å². The van der Waals surface area contributed by atoms with E-state index in [1.807, 2.05) is 78.6 Å². The highest BCUT2D eigenvalue weighted by atomic mass is 79.9. The van der Waals surface area contributed by atoms with E-state index in [-0.39, 0.29) is 17.3 Å². The van der Waals surface area contributed by atoms with Gasteiger partial charge in [0.25, 0.3) is 0 Å². The molecule has 0 aliphatic heterocycles. The molecule has 4 rings (SSSR count). The Balaban J connectivity index is 1.84. The van der Waals surface area contributed by atoms with E-state index in [0.29, 0.717) is 12.2 Å². The van der Waals surface area contributed by atoms with E-state index in [0.717, 1.165) is 20.9 Å². The third kappa shape index (κ3) is 3.81. The summed E-state index contributed by atoms with van der Waals surface area (Å²) in [4.78, 5) is 21.9. The highest BCUT2D eigenvalue weighted by Crippen LogP contribution is 2.39. The maximum Gasteiger partial charge on any atom is 0.354 e. The minimum atomic E-state index is -0.440. The van der Waals surface area contributed by atoms with Crippen molar-refractivity contribution >= 4 is 55.4 Å². The summed E-state index contributed by atoms with van der Waals surface area (Å²) in [5, 5.41) is 17.2. The predicted molar refractivity (Wildman–Crippen MR) is 123 cm³/mol. The molecule has 0 unspecified atom stereocenters. The van der Waals surface area contributed by atoms with E-state index in [1.165, 1.54) is 6.33 Å². The van der Waals surface area contributed by atoms with E-state index in [2.05, 4.69) is 31.2 Å². The Labute approximate surface area is 181 Å². The normalized spacial score (nSPS) is 10.7. The van der Waals surface area contributed by atoms with E-state index in [1.54, 1.807) is 0 Å². The van der Waals surface area contributed by atoms with Crippen molar-refractivity contribution in [2.24, 2.45) is 0 Å². The van der Waals surface area contributed by atoms with Crippen molar-refractivity contribution in [1.82, 2.24) is 9.97 Å². The van der Waals surface area contributed by atoms with E-state index < -0.39 is 4.92 Å². The van der Waals surface area contributed by atoms with E-state index in [9.17, 15) is 10.1 Å². The average Bonchev–Trinajstić information content (AvgIpc) is 2.76. The number of nitrogens with one attached hydrogen (secondary N) is 1. The zero-order chi connectivity index (χ0) is 21.1. The molecule has 0 atom stereocenters. The molecule has 0 aliphatic rings. The molecule has 0 bridgehead atoms. The van der Waals surface area contributed by atoms with Gasteiger partial charge in [0.15, 0.2) is 0 Å². The van der Waals surface area contributed by atoms with Gasteiger partial charge in [-0.25, -0.2) is 9.97 Å². The lowest BCUT2D eigenvalue weighted by atomic mass is 10.1. The number of rotatable bonds is 6. The summed E-state index contributed by atoms with van der Waals surface area (Å²) in [6.07, 6.45) is 1.34. The van der Waals surface area contributed by atoms with Gasteiger partial charge in [0, 0.05) is 22.1 Å². The summed E-state index contributed by atoms with van der Waals surface area (Å²) in [5.41, 5.74) is 1.38. The molecule has 0 spiro atoms. The first-order chi connectivity index (χ1) is 14.6. The Morgan fingerprint density at radius 2 is 1.77 bits per heavy atom. The summed E-state index contributed by atoms with van der Waals surface area (Å²) >= 11 is 3.39. The third-order valence-corrected chi connectivity index (χ3v) is 5.25. The number of benzene rings is 3. The standard InChI is InChI=1S/C22H18BrN5O2/c1-2-27(19-9-5-7-15-6-3-4-8-18(15)19)22-20(28(29)30)21(24-14-25-22)26-17-12-10-16(23)11-13-17/h3-14H,2H2,1H3,(H,24,25,26). The maximum atomic E-state index is 12.1. The van der Waals surface area contributed by atoms with Crippen LogP contribution in [0.1, 0.15) is 6.92 Å². The van der Waals surface area contributed by atoms with Crippen LogP contribution in [-0.4, -0.2) is 21.4 Å². The van der Waals surface area contributed by atoms with Gasteiger partial charge in [-0.2, -0.15) is 0 Å². The van der Waals surface area contributed by atoms with Crippen LogP contribution in [0.25, 0.3) is 10.8 Å². The lowest BCUT2D eigenvalue weighted by Gasteiger charge is -2.24. The quantitative estimate of drug-likeness (QED) is 0.270. The molecule has 0 aliphatic carbocycles. The molecule has 8 heteroatoms. The van der Waals surface area contributed by atoms with Crippen molar-refractivity contribution in [3.63, 3.8) is 0 Å². The summed E-state index contributed by atoms with van der Waals surface area (Å²) < 4.78 is 0.916. The number of nitrogens with zero attached hydrogens (tertiary/aromatic N) is 4. The van der Waals surface area contributed by atoms with Crippen molar-refractivity contribution in [3.05, 3.63) is 87.6 Å². The predicted octanol–water partition coefficient (Wildman–Crippen LogP) is 6.20. The molecular weight excluding hydrogens is 446 g/mol. The summed E-state index contributed by atoms with van der Waals surface area (Å²) in [6.45, 7) is 2.44. The third-order valence-electron chi connectivity index (χ3n) is 4.72. The summed E-state index contributed by atoms with van der Waals surface area (Å²) in [6, 6.07) is 21.2. The van der Waals surface area contributed by atoms with Gasteiger partial charge in [-0.05, 0) is 42.6 Å². The lowest BCUT2D eigenvalue weighted by molar-refractivity contribution is -0.383. The van der Waals surface area contributed by atoms with Gasteiger partial charge in [0.1, 0.15) is 6.33 Å². The molecular formula is C22H18BrN5O2. The van der Waals surface area contributed by atoms with Crippen LogP contribution in [-0.2, 0) is 0 Å². The zero-order valence-electron chi connectivity index (χ0n) is 16.1. The van der Waals surface area contributed by atoms with Gasteiger partial charge in [-0.1, -0.05) is 52.3 Å². The van der Waals surface area contributed by atoms with Gasteiger partial charge >= 0.3 is 5.69 Å². The first-order valence-corrected chi connectivity index (χ1v) is 10.1. The molecule has 7 nitrogen and oxygen atoms in total. The number of aromatic nitrogens is 2. The Hall–Kier alpha value is -3.52. The molecule has 0 saturated heterocycles. The molecule has 150 valence electrons. The first-order valence-electron chi connectivity index (χ1n) is 9.35. The Morgan fingerprint density at radius 3 is 2.50 bits per heavy atom. The number of hydrogen-bond acceptors (Lipinski definition) is 6. The number of nitro groups is 1.